The molecule has 1 fully saturated rings. The maximum atomic E-state index is 11.7. The van der Waals surface area contributed by atoms with Gasteiger partial charge in [0.2, 0.25) is 5.91 Å². The minimum atomic E-state index is 0.0362. The van der Waals surface area contributed by atoms with E-state index in [1.54, 1.807) is 0 Å². The maximum absolute atomic E-state index is 11.7. The summed E-state index contributed by atoms with van der Waals surface area (Å²) >= 11 is 0. The van der Waals surface area contributed by atoms with E-state index >= 15 is 0 Å². The molecule has 0 aliphatic heterocycles. The molecule has 2 atom stereocenters. The van der Waals surface area contributed by atoms with Gasteiger partial charge in [-0.15, -0.1) is 0 Å². The van der Waals surface area contributed by atoms with Crippen LogP contribution in [-0.2, 0) is 4.79 Å². The molecule has 0 bridgehead atoms. The van der Waals surface area contributed by atoms with E-state index < -0.39 is 0 Å². The highest BCUT2D eigenvalue weighted by atomic mass is 16.3. The molecule has 1 saturated carbocycles. The fourth-order valence-electron chi connectivity index (χ4n) is 2.56. The summed E-state index contributed by atoms with van der Waals surface area (Å²) in [6.45, 7) is 4.84. The molecule has 0 aromatic carbocycles. The Morgan fingerprint density at radius 2 is 2.00 bits per heavy atom. The van der Waals surface area contributed by atoms with E-state index in [-0.39, 0.29) is 12.5 Å². The summed E-state index contributed by atoms with van der Waals surface area (Å²) < 4.78 is 0. The van der Waals surface area contributed by atoms with Crippen LogP contribution in [0.15, 0.2) is 11.6 Å². The lowest BCUT2D eigenvalue weighted by Gasteiger charge is -2.30. The molecule has 2 unspecified atom stereocenters. The van der Waals surface area contributed by atoms with Gasteiger partial charge in [-0.1, -0.05) is 25.8 Å². The zero-order valence-electron chi connectivity index (χ0n) is 11.0. The van der Waals surface area contributed by atoms with E-state index in [9.17, 15) is 9.90 Å². The van der Waals surface area contributed by atoms with Crippen molar-refractivity contribution >= 4 is 5.91 Å². The minimum Gasteiger partial charge on any atom is -0.396 e. The third-order valence-corrected chi connectivity index (χ3v) is 3.69. The molecule has 0 aromatic heterocycles. The Balaban J connectivity index is 2.38. The third-order valence-electron chi connectivity index (χ3n) is 3.69. The van der Waals surface area contributed by atoms with E-state index in [1.165, 1.54) is 12.8 Å². The highest BCUT2D eigenvalue weighted by molar-refractivity contribution is 5.92. The van der Waals surface area contributed by atoms with Crippen LogP contribution < -0.4 is 5.32 Å². The predicted octanol–water partition coefficient (Wildman–Crippen LogP) is 2.26. The molecule has 17 heavy (non-hydrogen) atoms. The van der Waals surface area contributed by atoms with Crippen LogP contribution >= 0.6 is 0 Å². The van der Waals surface area contributed by atoms with Crippen LogP contribution in [0.1, 0.15) is 46.0 Å². The molecule has 0 aromatic rings. The van der Waals surface area contributed by atoms with Crippen LogP contribution in [0.5, 0.6) is 0 Å². The van der Waals surface area contributed by atoms with Crippen LogP contribution in [-0.4, -0.2) is 24.2 Å². The molecular weight excluding hydrogens is 214 g/mol. The number of allylic oxidation sites excluding steroid dienone is 1. The molecule has 0 saturated heterocycles. The molecule has 3 nitrogen and oxygen atoms in total. The molecule has 98 valence electrons. The molecule has 1 aliphatic carbocycles. The number of hydrogen-bond acceptors (Lipinski definition) is 2. The number of amides is 1. The molecule has 1 aliphatic rings. The zero-order valence-corrected chi connectivity index (χ0v) is 11.0. The smallest absolute Gasteiger partial charge is 0.246 e. The summed E-state index contributed by atoms with van der Waals surface area (Å²) in [5, 5.41) is 12.3. The Morgan fingerprint density at radius 1 is 1.35 bits per heavy atom. The van der Waals surface area contributed by atoms with Gasteiger partial charge >= 0.3 is 0 Å². The van der Waals surface area contributed by atoms with Gasteiger partial charge in [0.1, 0.15) is 0 Å². The Bertz CT molecular complexity index is 273. The first-order valence-electron chi connectivity index (χ1n) is 6.74. The number of aliphatic hydroxyl groups is 1. The number of carbonyl (C=O) groups excluding carboxylic acids is 1. The topological polar surface area (TPSA) is 49.3 Å². The van der Waals surface area contributed by atoms with Crippen LogP contribution in [0.2, 0.25) is 0 Å². The lowest BCUT2D eigenvalue weighted by Crippen LogP contribution is -2.35. The van der Waals surface area contributed by atoms with E-state index in [1.807, 2.05) is 19.9 Å². The van der Waals surface area contributed by atoms with Crippen LogP contribution in [0.25, 0.3) is 0 Å². The van der Waals surface area contributed by atoms with E-state index in [2.05, 4.69) is 5.32 Å². The van der Waals surface area contributed by atoms with Crippen molar-refractivity contribution in [3.8, 4) is 0 Å². The molecular formula is C14H25NO2. The number of carbonyl (C=O) groups is 1. The van der Waals surface area contributed by atoms with Gasteiger partial charge in [-0.3, -0.25) is 4.79 Å². The van der Waals surface area contributed by atoms with Crippen molar-refractivity contribution in [3.05, 3.63) is 11.6 Å². The van der Waals surface area contributed by atoms with Crippen molar-refractivity contribution in [1.29, 1.82) is 0 Å². The van der Waals surface area contributed by atoms with E-state index in [0.717, 1.165) is 24.8 Å². The van der Waals surface area contributed by atoms with Gasteiger partial charge in [0.05, 0.1) is 0 Å². The van der Waals surface area contributed by atoms with Crippen molar-refractivity contribution in [2.24, 2.45) is 11.8 Å². The standard InChI is InChI=1S/C14H25NO2/c1-3-6-11(2)14(17)15-9-12-7-4-5-8-13(12)10-16/h6,12-13,16H,3-5,7-10H2,1-2H3,(H,15,17). The predicted molar refractivity (Wildman–Crippen MR) is 69.6 cm³/mol. The monoisotopic (exact) mass is 239 g/mol. The summed E-state index contributed by atoms with van der Waals surface area (Å²) in [6.07, 6.45) is 7.50. The van der Waals surface area contributed by atoms with Gasteiger partial charge in [-0.2, -0.15) is 0 Å². The second-order valence-corrected chi connectivity index (χ2v) is 4.99. The number of aliphatic hydroxyl groups excluding tert-OH is 1. The van der Waals surface area contributed by atoms with Crippen LogP contribution in [0, 0.1) is 11.8 Å². The first kappa shape index (κ1) is 14.2. The highest BCUT2D eigenvalue weighted by Crippen LogP contribution is 2.29. The summed E-state index contributed by atoms with van der Waals surface area (Å²) in [5.41, 5.74) is 0.795. The zero-order chi connectivity index (χ0) is 12.7. The fraction of sp³-hybridized carbons (Fsp3) is 0.786. The quantitative estimate of drug-likeness (QED) is 0.723. The van der Waals surface area contributed by atoms with Gasteiger partial charge in [0, 0.05) is 18.7 Å². The molecule has 0 spiro atoms. The largest absolute Gasteiger partial charge is 0.396 e. The number of hydrogen-bond donors (Lipinski definition) is 2. The van der Waals surface area contributed by atoms with Crippen molar-refractivity contribution in [2.45, 2.75) is 46.0 Å². The van der Waals surface area contributed by atoms with Gasteiger partial charge in [0.15, 0.2) is 0 Å². The summed E-state index contributed by atoms with van der Waals surface area (Å²) in [5.74, 6) is 0.862. The lowest BCUT2D eigenvalue weighted by molar-refractivity contribution is -0.117. The molecule has 1 rings (SSSR count). The summed E-state index contributed by atoms with van der Waals surface area (Å²) in [4.78, 5) is 11.7. The van der Waals surface area contributed by atoms with Gasteiger partial charge < -0.3 is 10.4 Å². The van der Waals surface area contributed by atoms with Crippen LogP contribution in [0.4, 0.5) is 0 Å². The fourth-order valence-corrected chi connectivity index (χ4v) is 2.56. The van der Waals surface area contributed by atoms with Crippen LogP contribution in [0.3, 0.4) is 0 Å². The van der Waals surface area contributed by atoms with Crippen molar-refractivity contribution in [2.75, 3.05) is 13.2 Å². The van der Waals surface area contributed by atoms with E-state index in [0.29, 0.717) is 18.4 Å². The Kier molecular flexibility index (Phi) is 6.27. The molecule has 2 N–H and O–H groups in total. The van der Waals surface area contributed by atoms with Crippen molar-refractivity contribution < 1.29 is 9.90 Å². The second kappa shape index (κ2) is 7.49. The Labute approximate surface area is 104 Å². The second-order valence-electron chi connectivity index (χ2n) is 4.99. The van der Waals surface area contributed by atoms with Crippen molar-refractivity contribution in [3.63, 3.8) is 0 Å². The van der Waals surface area contributed by atoms with E-state index in [4.69, 9.17) is 0 Å². The minimum absolute atomic E-state index is 0.0362. The Hall–Kier alpha value is -0.830. The first-order valence-corrected chi connectivity index (χ1v) is 6.74. The van der Waals surface area contributed by atoms with Gasteiger partial charge in [-0.05, 0) is 38.0 Å². The third kappa shape index (κ3) is 4.50. The molecule has 0 heterocycles. The van der Waals surface area contributed by atoms with Crippen molar-refractivity contribution in [1.82, 2.24) is 5.32 Å². The summed E-state index contributed by atoms with van der Waals surface area (Å²) in [6, 6.07) is 0. The lowest BCUT2D eigenvalue weighted by atomic mass is 9.79. The molecule has 3 heteroatoms. The highest BCUT2D eigenvalue weighted by Gasteiger charge is 2.24. The first-order chi connectivity index (χ1) is 8.19. The van der Waals surface area contributed by atoms with Gasteiger partial charge in [-0.25, -0.2) is 0 Å². The van der Waals surface area contributed by atoms with Gasteiger partial charge in [0.25, 0.3) is 0 Å². The molecule has 0 radical (unpaired) electrons. The average molecular weight is 239 g/mol. The molecule has 1 amide bonds. The average Bonchev–Trinajstić information content (AvgIpc) is 2.36. The summed E-state index contributed by atoms with van der Waals surface area (Å²) in [7, 11) is 0. The number of nitrogens with one attached hydrogen (secondary N) is 1. The SMILES string of the molecule is CCC=C(C)C(=O)NCC1CCCCC1CO. The maximum Gasteiger partial charge on any atom is 0.246 e. The number of rotatable bonds is 5. The Morgan fingerprint density at radius 3 is 2.59 bits per heavy atom. The normalized spacial score (nSPS) is 25.7.